The van der Waals surface area contributed by atoms with Gasteiger partial charge >= 0.3 is 5.97 Å². The lowest BCUT2D eigenvalue weighted by Crippen LogP contribution is -2.11. The SMILES string of the molecule is COC(=O)c1c(CBr)ccc(C#N)c1C(F)F. The molecule has 0 saturated heterocycles. The van der Waals surface area contributed by atoms with E-state index in [-0.39, 0.29) is 16.5 Å². The maximum absolute atomic E-state index is 12.9. The number of halogens is 3. The van der Waals surface area contributed by atoms with Gasteiger partial charge in [-0.3, -0.25) is 0 Å². The van der Waals surface area contributed by atoms with E-state index >= 15 is 0 Å². The Labute approximate surface area is 105 Å². The van der Waals surface area contributed by atoms with Crippen LogP contribution in [0.2, 0.25) is 0 Å². The quantitative estimate of drug-likeness (QED) is 0.636. The number of methoxy groups -OCH3 is 1. The average molecular weight is 304 g/mol. The zero-order valence-corrected chi connectivity index (χ0v) is 10.4. The molecule has 1 rings (SSSR count). The van der Waals surface area contributed by atoms with Crippen LogP contribution in [0.3, 0.4) is 0 Å². The van der Waals surface area contributed by atoms with Gasteiger partial charge in [-0.1, -0.05) is 22.0 Å². The van der Waals surface area contributed by atoms with Crippen LogP contribution in [0.15, 0.2) is 12.1 Å². The number of hydrogen-bond donors (Lipinski definition) is 0. The number of alkyl halides is 3. The Morgan fingerprint density at radius 2 is 2.24 bits per heavy atom. The lowest BCUT2D eigenvalue weighted by Gasteiger charge is -2.12. The monoisotopic (exact) mass is 303 g/mol. The first-order valence-corrected chi connectivity index (χ1v) is 5.67. The van der Waals surface area contributed by atoms with E-state index in [0.29, 0.717) is 5.56 Å². The summed E-state index contributed by atoms with van der Waals surface area (Å²) in [6.45, 7) is 0. The first-order chi connectivity index (χ1) is 8.06. The molecule has 0 N–H and O–H groups in total. The van der Waals surface area contributed by atoms with Crippen molar-refractivity contribution < 1.29 is 18.3 Å². The number of nitriles is 1. The third-order valence-electron chi connectivity index (χ3n) is 2.20. The molecule has 6 heteroatoms. The molecule has 17 heavy (non-hydrogen) atoms. The minimum absolute atomic E-state index is 0.217. The second-order valence-corrected chi connectivity index (χ2v) is 3.66. The van der Waals surface area contributed by atoms with Crippen LogP contribution in [0.4, 0.5) is 8.78 Å². The van der Waals surface area contributed by atoms with Crippen LogP contribution in [0.5, 0.6) is 0 Å². The highest BCUT2D eigenvalue weighted by Crippen LogP contribution is 2.30. The first kappa shape index (κ1) is 13.6. The van der Waals surface area contributed by atoms with Gasteiger partial charge in [-0.05, 0) is 11.6 Å². The van der Waals surface area contributed by atoms with Crippen LogP contribution in [0.25, 0.3) is 0 Å². The average Bonchev–Trinajstić information content (AvgIpc) is 2.35. The van der Waals surface area contributed by atoms with E-state index in [0.717, 1.165) is 7.11 Å². The molecule has 1 aromatic rings. The van der Waals surface area contributed by atoms with Crippen LogP contribution in [-0.2, 0) is 10.1 Å². The predicted molar refractivity (Wildman–Crippen MR) is 60.1 cm³/mol. The number of ether oxygens (including phenoxy) is 1. The number of hydrogen-bond acceptors (Lipinski definition) is 3. The highest BCUT2D eigenvalue weighted by molar-refractivity contribution is 9.08. The summed E-state index contributed by atoms with van der Waals surface area (Å²) in [5.74, 6) is -0.869. The fourth-order valence-corrected chi connectivity index (χ4v) is 1.91. The van der Waals surface area contributed by atoms with E-state index in [1.165, 1.54) is 12.1 Å². The maximum Gasteiger partial charge on any atom is 0.338 e. The number of carbonyl (C=O) groups excluding carboxylic acids is 1. The van der Waals surface area contributed by atoms with Gasteiger partial charge in [0.1, 0.15) is 0 Å². The Morgan fingerprint density at radius 3 is 2.65 bits per heavy atom. The molecule has 0 atom stereocenters. The normalized spacial score (nSPS) is 10.1. The predicted octanol–water partition coefficient (Wildman–Crippen LogP) is 3.18. The fraction of sp³-hybridized carbons (Fsp3) is 0.273. The lowest BCUT2D eigenvalue weighted by atomic mass is 9.97. The van der Waals surface area contributed by atoms with Crippen LogP contribution < -0.4 is 0 Å². The van der Waals surface area contributed by atoms with Crippen molar-refractivity contribution in [2.45, 2.75) is 11.8 Å². The van der Waals surface area contributed by atoms with Crippen LogP contribution in [0, 0.1) is 11.3 Å². The van der Waals surface area contributed by atoms with Crippen LogP contribution in [-0.4, -0.2) is 13.1 Å². The summed E-state index contributed by atoms with van der Waals surface area (Å²) in [7, 11) is 1.11. The van der Waals surface area contributed by atoms with Gasteiger partial charge in [0.15, 0.2) is 0 Å². The van der Waals surface area contributed by atoms with Crippen molar-refractivity contribution in [3.8, 4) is 6.07 Å². The molecular weight excluding hydrogens is 296 g/mol. The Morgan fingerprint density at radius 1 is 1.59 bits per heavy atom. The first-order valence-electron chi connectivity index (χ1n) is 4.55. The summed E-state index contributed by atoms with van der Waals surface area (Å²) in [4.78, 5) is 11.5. The molecule has 0 saturated carbocycles. The van der Waals surface area contributed by atoms with Crippen molar-refractivity contribution in [2.75, 3.05) is 7.11 Å². The number of benzene rings is 1. The molecule has 90 valence electrons. The summed E-state index contributed by atoms with van der Waals surface area (Å²) in [5, 5.41) is 8.99. The molecular formula is C11H8BrF2NO2. The zero-order chi connectivity index (χ0) is 13.0. The van der Waals surface area contributed by atoms with E-state index in [4.69, 9.17) is 5.26 Å². The molecule has 0 radical (unpaired) electrons. The number of carbonyl (C=O) groups is 1. The molecule has 0 amide bonds. The van der Waals surface area contributed by atoms with Gasteiger partial charge < -0.3 is 4.74 Å². The van der Waals surface area contributed by atoms with Crippen LogP contribution >= 0.6 is 15.9 Å². The van der Waals surface area contributed by atoms with Gasteiger partial charge in [0.2, 0.25) is 0 Å². The van der Waals surface area contributed by atoms with E-state index in [1.54, 1.807) is 6.07 Å². The Bertz CT molecular complexity index is 483. The van der Waals surface area contributed by atoms with Crippen molar-refractivity contribution in [3.05, 3.63) is 34.4 Å². The van der Waals surface area contributed by atoms with Crippen molar-refractivity contribution in [3.63, 3.8) is 0 Å². The second kappa shape index (κ2) is 5.73. The van der Waals surface area contributed by atoms with Crippen molar-refractivity contribution >= 4 is 21.9 Å². The molecule has 0 aromatic heterocycles. The van der Waals surface area contributed by atoms with Gasteiger partial charge in [0.25, 0.3) is 6.43 Å². The van der Waals surface area contributed by atoms with E-state index in [9.17, 15) is 13.6 Å². The molecule has 0 heterocycles. The molecule has 0 aliphatic rings. The maximum atomic E-state index is 12.9. The Hall–Kier alpha value is -1.48. The topological polar surface area (TPSA) is 50.1 Å². The summed E-state index contributed by atoms with van der Waals surface area (Å²) in [6, 6.07) is 4.36. The summed E-state index contributed by atoms with van der Waals surface area (Å²) in [5.41, 5.74) is -0.661. The van der Waals surface area contributed by atoms with Crippen molar-refractivity contribution in [1.82, 2.24) is 0 Å². The molecule has 0 spiro atoms. The largest absolute Gasteiger partial charge is 0.465 e. The number of rotatable bonds is 3. The Kier molecular flexibility index (Phi) is 4.58. The summed E-state index contributed by atoms with van der Waals surface area (Å²) < 4.78 is 30.3. The van der Waals surface area contributed by atoms with Gasteiger partial charge in [-0.2, -0.15) is 5.26 Å². The Balaban J connectivity index is 3.59. The van der Waals surface area contributed by atoms with E-state index in [2.05, 4.69) is 20.7 Å². The number of esters is 1. The van der Waals surface area contributed by atoms with Gasteiger partial charge in [-0.15, -0.1) is 0 Å². The van der Waals surface area contributed by atoms with Crippen LogP contribution in [0.1, 0.15) is 33.5 Å². The lowest BCUT2D eigenvalue weighted by molar-refractivity contribution is 0.0588. The molecule has 0 aliphatic heterocycles. The molecule has 0 bridgehead atoms. The van der Waals surface area contributed by atoms with E-state index < -0.39 is 18.0 Å². The highest BCUT2D eigenvalue weighted by Gasteiger charge is 2.25. The third kappa shape index (κ3) is 2.61. The minimum atomic E-state index is -2.90. The standard InChI is InChI=1S/C11H8BrF2NO2/c1-17-11(16)9-6(4-12)2-3-7(5-15)8(9)10(13)14/h2-3,10H,4H2,1H3. The molecule has 0 unspecified atom stereocenters. The van der Waals surface area contributed by atoms with E-state index in [1.807, 2.05) is 0 Å². The molecule has 0 aliphatic carbocycles. The fourth-order valence-electron chi connectivity index (χ4n) is 1.44. The minimum Gasteiger partial charge on any atom is -0.465 e. The van der Waals surface area contributed by atoms with Gasteiger partial charge in [0, 0.05) is 5.33 Å². The second-order valence-electron chi connectivity index (χ2n) is 3.10. The highest BCUT2D eigenvalue weighted by atomic mass is 79.9. The van der Waals surface area contributed by atoms with Gasteiger partial charge in [-0.25, -0.2) is 13.6 Å². The van der Waals surface area contributed by atoms with Crippen molar-refractivity contribution in [2.24, 2.45) is 0 Å². The molecule has 1 aromatic carbocycles. The van der Waals surface area contributed by atoms with Crippen molar-refractivity contribution in [1.29, 1.82) is 5.26 Å². The molecule has 0 fully saturated rings. The third-order valence-corrected chi connectivity index (χ3v) is 2.81. The van der Waals surface area contributed by atoms with Gasteiger partial charge in [0.05, 0.1) is 29.9 Å². The number of nitrogens with zero attached hydrogens (tertiary/aromatic N) is 1. The molecule has 3 nitrogen and oxygen atoms in total. The smallest absolute Gasteiger partial charge is 0.338 e. The summed E-state index contributed by atoms with van der Waals surface area (Å²) >= 11 is 3.10. The zero-order valence-electron chi connectivity index (χ0n) is 8.84. The summed E-state index contributed by atoms with van der Waals surface area (Å²) in [6.07, 6.45) is -2.90.